The Morgan fingerprint density at radius 2 is 1.89 bits per heavy atom. The molecular formula is C16H17Cl2N7O2. The van der Waals surface area contributed by atoms with Gasteiger partial charge in [0.15, 0.2) is 0 Å². The van der Waals surface area contributed by atoms with Gasteiger partial charge in [-0.3, -0.25) is 15.1 Å². The Bertz CT molecular complexity index is 922. The van der Waals surface area contributed by atoms with Crippen molar-refractivity contribution in [3.63, 3.8) is 0 Å². The molecule has 1 fully saturated rings. The maximum Gasteiger partial charge on any atom is 0.322 e. The van der Waals surface area contributed by atoms with Gasteiger partial charge in [0.25, 0.3) is 5.91 Å². The van der Waals surface area contributed by atoms with Gasteiger partial charge in [-0.15, -0.1) is 0 Å². The number of aromatic nitrogens is 3. The minimum Gasteiger partial charge on any atom is -0.467 e. The Balaban J connectivity index is 2.05. The van der Waals surface area contributed by atoms with E-state index in [4.69, 9.17) is 33.3 Å². The highest BCUT2D eigenvalue weighted by atomic mass is 35.5. The van der Waals surface area contributed by atoms with Crippen molar-refractivity contribution < 1.29 is 9.53 Å². The van der Waals surface area contributed by atoms with E-state index in [9.17, 15) is 4.79 Å². The number of nitrogens with one attached hydrogen (secondary N) is 1. The quantitative estimate of drug-likeness (QED) is 0.827. The summed E-state index contributed by atoms with van der Waals surface area (Å²) in [6.45, 7) is 1.67. The molecule has 1 saturated heterocycles. The van der Waals surface area contributed by atoms with Gasteiger partial charge in [0.05, 0.1) is 22.8 Å². The SMILES string of the molecule is COc1nc(N(C)C)nc(N2C(=N)N(c3ccc(Cl)c(Cl)c3)C(=O)C2C)n1. The van der Waals surface area contributed by atoms with Crippen LogP contribution in [-0.4, -0.2) is 54.1 Å². The number of methoxy groups -OCH3 is 1. The molecule has 1 aliphatic heterocycles. The van der Waals surface area contributed by atoms with Gasteiger partial charge < -0.3 is 9.64 Å². The monoisotopic (exact) mass is 409 g/mol. The normalized spacial score (nSPS) is 16.9. The van der Waals surface area contributed by atoms with Crippen LogP contribution < -0.4 is 19.4 Å². The fourth-order valence-electron chi connectivity index (χ4n) is 2.57. The number of hydrogen-bond acceptors (Lipinski definition) is 7. The van der Waals surface area contributed by atoms with Gasteiger partial charge in [0.1, 0.15) is 6.04 Å². The lowest BCUT2D eigenvalue weighted by Crippen LogP contribution is -2.36. The summed E-state index contributed by atoms with van der Waals surface area (Å²) in [7, 11) is 4.97. The minimum atomic E-state index is -0.700. The van der Waals surface area contributed by atoms with Crippen molar-refractivity contribution in [1.29, 1.82) is 5.41 Å². The van der Waals surface area contributed by atoms with Crippen LogP contribution in [0.2, 0.25) is 10.0 Å². The summed E-state index contributed by atoms with van der Waals surface area (Å²) < 4.78 is 5.13. The molecule has 1 aromatic carbocycles. The predicted octanol–water partition coefficient (Wildman–Crippen LogP) is 2.43. The first kappa shape index (κ1) is 19.1. The lowest BCUT2D eigenvalue weighted by Gasteiger charge is -2.21. The van der Waals surface area contributed by atoms with E-state index in [0.29, 0.717) is 16.7 Å². The number of guanidine groups is 1. The van der Waals surface area contributed by atoms with Crippen molar-refractivity contribution in [3.8, 4) is 6.01 Å². The van der Waals surface area contributed by atoms with Crippen molar-refractivity contribution in [2.45, 2.75) is 13.0 Å². The summed E-state index contributed by atoms with van der Waals surface area (Å²) >= 11 is 12.0. The van der Waals surface area contributed by atoms with E-state index in [1.165, 1.54) is 23.0 Å². The average molecular weight is 410 g/mol. The molecule has 2 heterocycles. The number of hydrogen-bond donors (Lipinski definition) is 1. The Hall–Kier alpha value is -2.65. The number of halogens is 2. The fraction of sp³-hybridized carbons (Fsp3) is 0.312. The summed E-state index contributed by atoms with van der Waals surface area (Å²) in [4.78, 5) is 29.8. The third-order valence-corrected chi connectivity index (χ3v) is 4.69. The second-order valence-electron chi connectivity index (χ2n) is 5.96. The summed E-state index contributed by atoms with van der Waals surface area (Å²) in [6.07, 6.45) is 0. The van der Waals surface area contributed by atoms with Gasteiger partial charge in [-0.1, -0.05) is 23.2 Å². The summed E-state index contributed by atoms with van der Waals surface area (Å²) in [5.41, 5.74) is 0.433. The number of rotatable bonds is 4. The van der Waals surface area contributed by atoms with Crippen LogP contribution in [-0.2, 0) is 4.79 Å². The van der Waals surface area contributed by atoms with E-state index in [1.807, 2.05) is 0 Å². The first-order valence-electron chi connectivity index (χ1n) is 7.88. The molecule has 1 N–H and O–H groups in total. The number of amides is 1. The number of nitrogens with zero attached hydrogens (tertiary/aromatic N) is 6. The zero-order chi connectivity index (χ0) is 19.9. The molecule has 0 spiro atoms. The molecule has 1 aromatic heterocycles. The predicted molar refractivity (Wildman–Crippen MR) is 104 cm³/mol. The minimum absolute atomic E-state index is 0.0872. The van der Waals surface area contributed by atoms with Crippen molar-refractivity contribution in [1.82, 2.24) is 15.0 Å². The Kier molecular flexibility index (Phi) is 5.07. The van der Waals surface area contributed by atoms with E-state index in [-0.39, 0.29) is 28.8 Å². The van der Waals surface area contributed by atoms with Crippen molar-refractivity contribution in [2.24, 2.45) is 0 Å². The first-order valence-corrected chi connectivity index (χ1v) is 8.64. The van der Waals surface area contributed by atoms with Gasteiger partial charge in [-0.05, 0) is 25.1 Å². The second-order valence-corrected chi connectivity index (χ2v) is 6.77. The average Bonchev–Trinajstić information content (AvgIpc) is 2.86. The van der Waals surface area contributed by atoms with Gasteiger partial charge in [0.2, 0.25) is 17.9 Å². The number of carbonyl (C=O) groups is 1. The summed E-state index contributed by atoms with van der Waals surface area (Å²) in [6, 6.07) is 4.11. The van der Waals surface area contributed by atoms with E-state index < -0.39 is 6.04 Å². The Morgan fingerprint density at radius 3 is 2.48 bits per heavy atom. The van der Waals surface area contributed by atoms with Crippen molar-refractivity contribution in [2.75, 3.05) is 35.9 Å². The number of carbonyl (C=O) groups excluding carboxylic acids is 1. The number of anilines is 3. The molecule has 2 aromatic rings. The highest BCUT2D eigenvalue weighted by Gasteiger charge is 2.43. The molecule has 1 atom stereocenters. The van der Waals surface area contributed by atoms with Crippen LogP contribution >= 0.6 is 23.2 Å². The van der Waals surface area contributed by atoms with Gasteiger partial charge in [-0.2, -0.15) is 15.0 Å². The molecule has 0 saturated carbocycles. The molecule has 11 heteroatoms. The number of benzene rings is 1. The molecule has 0 radical (unpaired) electrons. The second kappa shape index (κ2) is 7.16. The van der Waals surface area contributed by atoms with Crippen LogP contribution in [0.15, 0.2) is 18.2 Å². The van der Waals surface area contributed by atoms with Crippen LogP contribution in [0, 0.1) is 5.41 Å². The van der Waals surface area contributed by atoms with Crippen LogP contribution in [0.5, 0.6) is 6.01 Å². The summed E-state index contributed by atoms with van der Waals surface area (Å²) in [5, 5.41) is 9.18. The smallest absolute Gasteiger partial charge is 0.322 e. The van der Waals surface area contributed by atoms with E-state index in [1.54, 1.807) is 38.1 Å². The van der Waals surface area contributed by atoms with E-state index >= 15 is 0 Å². The topological polar surface area (TPSA) is 98.5 Å². The highest BCUT2D eigenvalue weighted by molar-refractivity contribution is 6.42. The zero-order valence-corrected chi connectivity index (χ0v) is 16.6. The molecule has 0 aliphatic carbocycles. The van der Waals surface area contributed by atoms with E-state index in [0.717, 1.165) is 0 Å². The lowest BCUT2D eigenvalue weighted by molar-refractivity contribution is -0.117. The molecule has 1 amide bonds. The zero-order valence-electron chi connectivity index (χ0n) is 15.1. The maximum atomic E-state index is 12.8. The molecule has 1 aliphatic rings. The largest absolute Gasteiger partial charge is 0.467 e. The first-order chi connectivity index (χ1) is 12.7. The Morgan fingerprint density at radius 1 is 1.19 bits per heavy atom. The molecule has 142 valence electrons. The third-order valence-electron chi connectivity index (χ3n) is 3.96. The standard InChI is InChI=1S/C16H17Cl2N7O2/c1-8-12(26)25(9-5-6-10(17)11(18)7-9)13(19)24(8)15-20-14(23(2)3)21-16(22-15)27-4/h5-8,19H,1-4H3. The molecule has 0 bridgehead atoms. The summed E-state index contributed by atoms with van der Waals surface area (Å²) in [5.74, 6) is 0.0595. The third kappa shape index (κ3) is 3.35. The van der Waals surface area contributed by atoms with Crippen LogP contribution in [0.1, 0.15) is 6.92 Å². The molecule has 27 heavy (non-hydrogen) atoms. The van der Waals surface area contributed by atoms with Crippen molar-refractivity contribution >= 4 is 52.7 Å². The maximum absolute atomic E-state index is 12.8. The molecule has 9 nitrogen and oxygen atoms in total. The van der Waals surface area contributed by atoms with Gasteiger partial charge in [-0.25, -0.2) is 4.90 Å². The van der Waals surface area contributed by atoms with Gasteiger partial charge >= 0.3 is 6.01 Å². The lowest BCUT2D eigenvalue weighted by atomic mass is 10.2. The van der Waals surface area contributed by atoms with Crippen molar-refractivity contribution in [3.05, 3.63) is 28.2 Å². The van der Waals surface area contributed by atoms with Crippen LogP contribution in [0.25, 0.3) is 0 Å². The Labute approximate surface area is 166 Å². The molecule has 1 unspecified atom stereocenters. The fourth-order valence-corrected chi connectivity index (χ4v) is 2.86. The van der Waals surface area contributed by atoms with Gasteiger partial charge in [0, 0.05) is 14.1 Å². The number of ether oxygens (including phenoxy) is 1. The van der Waals surface area contributed by atoms with Crippen LogP contribution in [0.3, 0.4) is 0 Å². The van der Waals surface area contributed by atoms with Crippen LogP contribution in [0.4, 0.5) is 17.6 Å². The van der Waals surface area contributed by atoms with E-state index in [2.05, 4.69) is 15.0 Å². The molecular weight excluding hydrogens is 393 g/mol. The highest BCUT2D eigenvalue weighted by Crippen LogP contribution is 2.32. The molecule has 3 rings (SSSR count).